The fourth-order valence-corrected chi connectivity index (χ4v) is 2.38. The molecule has 0 radical (unpaired) electrons. The lowest BCUT2D eigenvalue weighted by atomic mass is 9.94. The van der Waals surface area contributed by atoms with Crippen LogP contribution in [-0.2, 0) is 4.79 Å². The normalized spacial score (nSPS) is 11.7. The minimum atomic E-state index is -1.03. The van der Waals surface area contributed by atoms with E-state index in [-0.39, 0.29) is 5.56 Å². The van der Waals surface area contributed by atoms with Crippen LogP contribution >= 0.6 is 0 Å². The van der Waals surface area contributed by atoms with Crippen molar-refractivity contribution in [2.45, 2.75) is 18.8 Å². The van der Waals surface area contributed by atoms with E-state index < -0.39 is 17.7 Å². The summed E-state index contributed by atoms with van der Waals surface area (Å²) in [6, 6.07) is 13.2. The molecule has 1 atom stereocenters. The van der Waals surface area contributed by atoms with E-state index in [1.807, 2.05) is 12.1 Å². The summed E-state index contributed by atoms with van der Waals surface area (Å²) in [5.74, 6) is -1.18. The first-order chi connectivity index (χ1) is 11.1. The van der Waals surface area contributed by atoms with Crippen LogP contribution in [0.1, 0.15) is 24.3 Å². The molecule has 0 bridgehead atoms. The van der Waals surface area contributed by atoms with Gasteiger partial charge >= 0.3 is 5.97 Å². The summed E-state index contributed by atoms with van der Waals surface area (Å²) in [7, 11) is 1.56. The number of aliphatic carboxylic acids is 1. The van der Waals surface area contributed by atoms with Gasteiger partial charge in [-0.15, -0.1) is 0 Å². The van der Waals surface area contributed by atoms with Crippen molar-refractivity contribution in [3.8, 4) is 11.5 Å². The molecule has 1 unspecified atom stereocenters. The number of ether oxygens (including phenoxy) is 2. The zero-order valence-corrected chi connectivity index (χ0v) is 12.9. The van der Waals surface area contributed by atoms with Gasteiger partial charge in [0.25, 0.3) is 0 Å². The van der Waals surface area contributed by atoms with Crippen LogP contribution in [0.4, 0.5) is 4.39 Å². The molecular weight excluding hydrogens is 299 g/mol. The number of carbonyl (C=O) groups is 1. The third-order valence-electron chi connectivity index (χ3n) is 3.54. The van der Waals surface area contributed by atoms with Crippen LogP contribution in [0.2, 0.25) is 0 Å². The van der Waals surface area contributed by atoms with Gasteiger partial charge in [-0.2, -0.15) is 0 Å². The van der Waals surface area contributed by atoms with E-state index >= 15 is 0 Å². The molecule has 0 aliphatic carbocycles. The van der Waals surface area contributed by atoms with Gasteiger partial charge in [-0.1, -0.05) is 30.3 Å². The Morgan fingerprint density at radius 3 is 2.43 bits per heavy atom. The number of methoxy groups -OCH3 is 1. The fourth-order valence-electron chi connectivity index (χ4n) is 2.38. The molecule has 0 spiro atoms. The highest BCUT2D eigenvalue weighted by Gasteiger charge is 2.22. The van der Waals surface area contributed by atoms with Crippen LogP contribution < -0.4 is 9.47 Å². The largest absolute Gasteiger partial charge is 0.493 e. The highest BCUT2D eigenvalue weighted by atomic mass is 19.1. The zero-order chi connectivity index (χ0) is 16.7. The van der Waals surface area contributed by atoms with Gasteiger partial charge < -0.3 is 14.6 Å². The van der Waals surface area contributed by atoms with Crippen LogP contribution in [0.25, 0.3) is 0 Å². The molecule has 0 fully saturated rings. The summed E-state index contributed by atoms with van der Waals surface area (Å²) < 4.78 is 24.6. The molecular formula is C18H19FO4. The minimum absolute atomic E-state index is 0.206. The Morgan fingerprint density at radius 1 is 1.13 bits per heavy atom. The molecule has 2 aromatic rings. The zero-order valence-electron chi connectivity index (χ0n) is 12.9. The smallest absolute Gasteiger partial charge is 0.311 e. The lowest BCUT2D eigenvalue weighted by Crippen LogP contribution is -2.14. The summed E-state index contributed by atoms with van der Waals surface area (Å²) in [6.07, 6.45) is 0.786. The van der Waals surface area contributed by atoms with Crippen molar-refractivity contribution < 1.29 is 23.8 Å². The number of halogens is 1. The number of para-hydroxylation sites is 2. The predicted octanol–water partition coefficient (Wildman–Crippen LogP) is 3.86. The second-order valence-corrected chi connectivity index (χ2v) is 5.05. The van der Waals surface area contributed by atoms with Crippen molar-refractivity contribution in [3.63, 3.8) is 0 Å². The van der Waals surface area contributed by atoms with Crippen LogP contribution in [0, 0.1) is 5.82 Å². The standard InChI is InChI=1S/C18H19FO4/c1-22-16-10-4-5-11-17(16)23-12-6-8-14(18(20)21)13-7-2-3-9-15(13)19/h2-5,7,9-11,14H,6,8,12H2,1H3,(H,20,21). The maximum atomic E-state index is 13.8. The first-order valence-electron chi connectivity index (χ1n) is 7.36. The van der Waals surface area contributed by atoms with Gasteiger partial charge in [-0.25, -0.2) is 4.39 Å². The van der Waals surface area contributed by atoms with Gasteiger partial charge in [0.15, 0.2) is 11.5 Å². The van der Waals surface area contributed by atoms with Crippen molar-refractivity contribution in [1.82, 2.24) is 0 Å². The molecule has 0 amide bonds. The molecule has 2 aromatic carbocycles. The third-order valence-corrected chi connectivity index (χ3v) is 3.54. The van der Waals surface area contributed by atoms with Crippen molar-refractivity contribution >= 4 is 5.97 Å². The summed E-state index contributed by atoms with van der Waals surface area (Å²) in [6.45, 7) is 0.332. The van der Waals surface area contributed by atoms with Gasteiger partial charge in [0.1, 0.15) is 5.82 Å². The molecule has 5 heteroatoms. The Hall–Kier alpha value is -2.56. The van der Waals surface area contributed by atoms with Crippen LogP contribution in [-0.4, -0.2) is 24.8 Å². The minimum Gasteiger partial charge on any atom is -0.493 e. The number of benzene rings is 2. The summed E-state index contributed by atoms with van der Waals surface area (Å²) in [4.78, 5) is 11.4. The molecule has 0 saturated heterocycles. The van der Waals surface area contributed by atoms with Crippen molar-refractivity contribution in [2.24, 2.45) is 0 Å². The van der Waals surface area contributed by atoms with E-state index in [1.165, 1.54) is 12.1 Å². The average molecular weight is 318 g/mol. The summed E-state index contributed by atoms with van der Waals surface area (Å²) in [5.41, 5.74) is 0.206. The van der Waals surface area contributed by atoms with Gasteiger partial charge in [-0.3, -0.25) is 4.79 Å². The average Bonchev–Trinajstić information content (AvgIpc) is 2.56. The lowest BCUT2D eigenvalue weighted by Gasteiger charge is -2.14. The Labute approximate surface area is 134 Å². The summed E-state index contributed by atoms with van der Waals surface area (Å²) >= 11 is 0. The fraction of sp³-hybridized carbons (Fsp3) is 0.278. The van der Waals surface area contributed by atoms with Crippen LogP contribution in [0.15, 0.2) is 48.5 Å². The van der Waals surface area contributed by atoms with Crippen molar-refractivity contribution in [3.05, 3.63) is 59.9 Å². The van der Waals surface area contributed by atoms with Crippen LogP contribution in [0.3, 0.4) is 0 Å². The van der Waals surface area contributed by atoms with Crippen molar-refractivity contribution in [1.29, 1.82) is 0 Å². The highest BCUT2D eigenvalue weighted by Crippen LogP contribution is 2.27. The second kappa shape index (κ2) is 8.17. The SMILES string of the molecule is COc1ccccc1OCCCC(C(=O)O)c1ccccc1F. The molecule has 4 nitrogen and oxygen atoms in total. The van der Waals surface area contributed by atoms with E-state index in [4.69, 9.17) is 9.47 Å². The molecule has 23 heavy (non-hydrogen) atoms. The first kappa shape index (κ1) is 16.8. The Bertz CT molecular complexity index is 657. The number of hydrogen-bond donors (Lipinski definition) is 1. The first-order valence-corrected chi connectivity index (χ1v) is 7.36. The van der Waals surface area contributed by atoms with E-state index in [1.54, 1.807) is 31.4 Å². The number of carboxylic acids is 1. The molecule has 0 saturated carbocycles. The van der Waals surface area contributed by atoms with Crippen molar-refractivity contribution in [2.75, 3.05) is 13.7 Å². The molecule has 0 heterocycles. The Balaban J connectivity index is 1.93. The maximum Gasteiger partial charge on any atom is 0.311 e. The molecule has 0 aromatic heterocycles. The quantitative estimate of drug-likeness (QED) is 0.751. The molecule has 0 aliphatic rings. The molecule has 2 rings (SSSR count). The highest BCUT2D eigenvalue weighted by molar-refractivity contribution is 5.76. The predicted molar refractivity (Wildman–Crippen MR) is 84.5 cm³/mol. The Kier molecular flexibility index (Phi) is 5.97. The van der Waals surface area contributed by atoms with Gasteiger partial charge in [0, 0.05) is 5.56 Å². The lowest BCUT2D eigenvalue weighted by molar-refractivity contribution is -0.139. The number of carboxylic acid groups (broad SMARTS) is 1. The van der Waals surface area contributed by atoms with E-state index in [0.717, 1.165) is 0 Å². The van der Waals surface area contributed by atoms with Gasteiger partial charge in [0.2, 0.25) is 0 Å². The Morgan fingerprint density at radius 2 is 1.78 bits per heavy atom. The monoisotopic (exact) mass is 318 g/mol. The topological polar surface area (TPSA) is 55.8 Å². The van der Waals surface area contributed by atoms with Gasteiger partial charge in [-0.05, 0) is 31.0 Å². The van der Waals surface area contributed by atoms with Gasteiger partial charge in [0.05, 0.1) is 19.6 Å². The van der Waals surface area contributed by atoms with E-state index in [2.05, 4.69) is 0 Å². The molecule has 0 aliphatic heterocycles. The van der Waals surface area contributed by atoms with E-state index in [9.17, 15) is 14.3 Å². The number of hydrogen-bond acceptors (Lipinski definition) is 3. The molecule has 122 valence electrons. The second-order valence-electron chi connectivity index (χ2n) is 5.05. The van der Waals surface area contributed by atoms with Crippen LogP contribution in [0.5, 0.6) is 11.5 Å². The van der Waals surface area contributed by atoms with E-state index in [0.29, 0.717) is 30.9 Å². The summed E-state index contributed by atoms with van der Waals surface area (Å²) in [5, 5.41) is 9.32. The molecule has 1 N–H and O–H groups in total. The third kappa shape index (κ3) is 4.45. The number of rotatable bonds is 8. The maximum absolute atomic E-state index is 13.8.